The first kappa shape index (κ1) is 18.5. The van der Waals surface area contributed by atoms with E-state index in [1.165, 1.54) is 6.42 Å². The molecule has 0 radical (unpaired) electrons. The second kappa shape index (κ2) is 8.01. The van der Waals surface area contributed by atoms with E-state index in [2.05, 4.69) is 5.32 Å². The molecule has 1 saturated heterocycles. The quantitative estimate of drug-likeness (QED) is 0.836. The van der Waals surface area contributed by atoms with Crippen LogP contribution in [0.15, 0.2) is 24.3 Å². The number of benzene rings is 1. The molecule has 5 nitrogen and oxygen atoms in total. The van der Waals surface area contributed by atoms with Crippen molar-refractivity contribution in [3.63, 3.8) is 0 Å². The molecule has 0 spiro atoms. The number of carbonyl (C=O) groups is 2. The van der Waals surface area contributed by atoms with E-state index in [1.807, 2.05) is 29.2 Å². The molecule has 1 aromatic rings. The first-order valence-electron chi connectivity index (χ1n) is 10.4. The molecule has 2 fully saturated rings. The summed E-state index contributed by atoms with van der Waals surface area (Å²) in [7, 11) is 0. The lowest BCUT2D eigenvalue weighted by molar-refractivity contribution is -0.124. The summed E-state index contributed by atoms with van der Waals surface area (Å²) in [5.74, 6) is 0.229. The first-order chi connectivity index (χ1) is 13.2. The number of rotatable bonds is 6. The zero-order valence-corrected chi connectivity index (χ0v) is 16.0. The van der Waals surface area contributed by atoms with E-state index in [4.69, 9.17) is 4.74 Å². The Bertz CT molecular complexity index is 691. The predicted octanol–water partition coefficient (Wildman–Crippen LogP) is 3.28. The number of ether oxygens (including phenoxy) is 1. The highest BCUT2D eigenvalue weighted by atomic mass is 16.5. The number of nitrogens with zero attached hydrogens (tertiary/aromatic N) is 1. The van der Waals surface area contributed by atoms with Crippen LogP contribution < -0.4 is 5.32 Å². The Balaban J connectivity index is 1.40. The maximum absolute atomic E-state index is 12.8. The van der Waals surface area contributed by atoms with Gasteiger partial charge in [-0.15, -0.1) is 0 Å². The van der Waals surface area contributed by atoms with Gasteiger partial charge in [-0.05, 0) is 42.7 Å². The molecule has 1 saturated carbocycles. The van der Waals surface area contributed by atoms with Crippen LogP contribution in [0.1, 0.15) is 67.3 Å². The number of hydrogen-bond donors (Lipinski definition) is 1. The highest BCUT2D eigenvalue weighted by Crippen LogP contribution is 2.41. The maximum Gasteiger partial charge on any atom is 0.254 e. The Morgan fingerprint density at radius 2 is 2.00 bits per heavy atom. The molecule has 1 unspecified atom stereocenters. The summed E-state index contributed by atoms with van der Waals surface area (Å²) in [4.78, 5) is 27.4. The van der Waals surface area contributed by atoms with Crippen LogP contribution in [-0.4, -0.2) is 42.5 Å². The minimum atomic E-state index is -0.0867. The average Bonchev–Trinajstić information content (AvgIpc) is 3.30. The molecule has 1 N–H and O–H groups in total. The molecule has 1 aliphatic carbocycles. The molecule has 0 bridgehead atoms. The van der Waals surface area contributed by atoms with Gasteiger partial charge < -0.3 is 15.0 Å². The van der Waals surface area contributed by atoms with E-state index in [9.17, 15) is 9.59 Å². The molecular weight excluding hydrogens is 340 g/mol. The van der Waals surface area contributed by atoms with E-state index in [-0.39, 0.29) is 23.3 Å². The summed E-state index contributed by atoms with van der Waals surface area (Å²) in [6.45, 7) is 2.78. The van der Waals surface area contributed by atoms with Gasteiger partial charge >= 0.3 is 0 Å². The Morgan fingerprint density at radius 3 is 2.74 bits per heavy atom. The summed E-state index contributed by atoms with van der Waals surface area (Å²) in [6, 6.07) is 7.87. The van der Waals surface area contributed by atoms with Gasteiger partial charge in [-0.25, -0.2) is 0 Å². The van der Waals surface area contributed by atoms with Crippen molar-refractivity contribution in [2.75, 3.05) is 19.7 Å². The van der Waals surface area contributed by atoms with Gasteiger partial charge in [0, 0.05) is 38.2 Å². The van der Waals surface area contributed by atoms with Crippen molar-refractivity contribution in [1.82, 2.24) is 10.2 Å². The Hall–Kier alpha value is -1.88. The molecule has 1 atom stereocenters. The normalized spacial score (nSPS) is 24.1. The van der Waals surface area contributed by atoms with Crippen molar-refractivity contribution in [1.29, 1.82) is 0 Å². The molecule has 4 rings (SSSR count). The standard InChI is InChI=1S/C22H30N2O3/c25-20(23-14-18-8-6-12-27-18)13-22(10-4-1-5-11-22)16-24-15-17-7-2-3-9-19(17)21(24)26/h2-3,7,9,18H,1,4-6,8,10-16H2,(H,23,25). The van der Waals surface area contributed by atoms with Gasteiger partial charge in [0.25, 0.3) is 5.91 Å². The molecule has 0 aromatic heterocycles. The van der Waals surface area contributed by atoms with Gasteiger partial charge in [0.05, 0.1) is 6.10 Å². The average molecular weight is 370 g/mol. The van der Waals surface area contributed by atoms with E-state index < -0.39 is 0 Å². The molecule has 3 aliphatic rings. The predicted molar refractivity (Wildman–Crippen MR) is 103 cm³/mol. The molecule has 2 heterocycles. The van der Waals surface area contributed by atoms with Crippen molar-refractivity contribution >= 4 is 11.8 Å². The first-order valence-corrected chi connectivity index (χ1v) is 10.4. The third kappa shape index (κ3) is 4.18. The summed E-state index contributed by atoms with van der Waals surface area (Å²) in [5.41, 5.74) is 1.85. The number of carbonyl (C=O) groups excluding carboxylic acids is 2. The van der Waals surface area contributed by atoms with Crippen LogP contribution in [0.25, 0.3) is 0 Å². The van der Waals surface area contributed by atoms with E-state index in [0.29, 0.717) is 26.1 Å². The zero-order chi connectivity index (χ0) is 18.7. The lowest BCUT2D eigenvalue weighted by Gasteiger charge is -2.39. The van der Waals surface area contributed by atoms with E-state index in [1.54, 1.807) is 0 Å². The summed E-state index contributed by atoms with van der Waals surface area (Å²) >= 11 is 0. The fourth-order valence-corrected chi connectivity index (χ4v) is 4.98. The molecule has 5 heteroatoms. The number of fused-ring (bicyclic) bond motifs is 1. The second-order valence-corrected chi connectivity index (χ2v) is 8.49. The molecular formula is C22H30N2O3. The number of hydrogen-bond acceptors (Lipinski definition) is 3. The van der Waals surface area contributed by atoms with Crippen LogP contribution in [0.5, 0.6) is 0 Å². The third-order valence-corrected chi connectivity index (χ3v) is 6.42. The summed E-state index contributed by atoms with van der Waals surface area (Å²) < 4.78 is 5.61. The summed E-state index contributed by atoms with van der Waals surface area (Å²) in [6.07, 6.45) is 8.38. The smallest absolute Gasteiger partial charge is 0.254 e. The van der Waals surface area contributed by atoms with Gasteiger partial charge in [0.1, 0.15) is 0 Å². The van der Waals surface area contributed by atoms with E-state index >= 15 is 0 Å². The fraction of sp³-hybridized carbons (Fsp3) is 0.636. The Labute approximate surface area is 161 Å². The van der Waals surface area contributed by atoms with Crippen LogP contribution in [0.2, 0.25) is 0 Å². The molecule has 27 heavy (non-hydrogen) atoms. The van der Waals surface area contributed by atoms with Gasteiger partial charge in [0.15, 0.2) is 0 Å². The van der Waals surface area contributed by atoms with Crippen molar-refractivity contribution < 1.29 is 14.3 Å². The molecule has 1 aromatic carbocycles. The lowest BCUT2D eigenvalue weighted by atomic mass is 9.71. The monoisotopic (exact) mass is 370 g/mol. The van der Waals surface area contributed by atoms with Gasteiger partial charge in [-0.3, -0.25) is 9.59 Å². The molecule has 2 amide bonds. The van der Waals surface area contributed by atoms with Crippen molar-refractivity contribution in [3.8, 4) is 0 Å². The molecule has 2 aliphatic heterocycles. The fourth-order valence-electron chi connectivity index (χ4n) is 4.98. The van der Waals surface area contributed by atoms with Gasteiger partial charge in [-0.1, -0.05) is 37.5 Å². The van der Waals surface area contributed by atoms with Crippen LogP contribution in [0, 0.1) is 5.41 Å². The van der Waals surface area contributed by atoms with Crippen LogP contribution >= 0.6 is 0 Å². The second-order valence-electron chi connectivity index (χ2n) is 8.49. The highest BCUT2D eigenvalue weighted by molar-refractivity contribution is 5.98. The minimum absolute atomic E-state index is 0.0867. The lowest BCUT2D eigenvalue weighted by Crippen LogP contribution is -2.43. The minimum Gasteiger partial charge on any atom is -0.376 e. The SMILES string of the molecule is O=C(CC1(CN2Cc3ccccc3C2=O)CCCCC1)NCC1CCCO1. The van der Waals surface area contributed by atoms with Crippen LogP contribution in [0.4, 0.5) is 0 Å². The van der Waals surface area contributed by atoms with Crippen LogP contribution in [-0.2, 0) is 16.1 Å². The Morgan fingerprint density at radius 1 is 1.19 bits per heavy atom. The van der Waals surface area contributed by atoms with Gasteiger partial charge in [0.2, 0.25) is 5.91 Å². The molecule has 146 valence electrons. The topological polar surface area (TPSA) is 58.6 Å². The third-order valence-electron chi connectivity index (χ3n) is 6.42. The van der Waals surface area contributed by atoms with Crippen molar-refractivity contribution in [2.45, 2.75) is 64.0 Å². The summed E-state index contributed by atoms with van der Waals surface area (Å²) in [5, 5.41) is 3.08. The number of nitrogens with one attached hydrogen (secondary N) is 1. The highest BCUT2D eigenvalue weighted by Gasteiger charge is 2.39. The van der Waals surface area contributed by atoms with Gasteiger partial charge in [-0.2, -0.15) is 0 Å². The maximum atomic E-state index is 12.8. The largest absolute Gasteiger partial charge is 0.376 e. The Kier molecular flexibility index (Phi) is 5.48. The van der Waals surface area contributed by atoms with Crippen molar-refractivity contribution in [3.05, 3.63) is 35.4 Å². The van der Waals surface area contributed by atoms with E-state index in [0.717, 1.165) is 56.3 Å². The van der Waals surface area contributed by atoms with Crippen molar-refractivity contribution in [2.24, 2.45) is 5.41 Å². The zero-order valence-electron chi connectivity index (χ0n) is 16.0. The number of amides is 2. The van der Waals surface area contributed by atoms with Crippen LogP contribution in [0.3, 0.4) is 0 Å².